The SMILES string of the molecule is COc1cc([C@H]2C3=CC[C@@H]4C(=O)N(c5ccc(Cl)cc5)C(=O)[C@@H]4[C@@H]3C[C@H]3C(=O)N(c4ccccc4)C(=O)[C@@]23C)ccc1O. The molecule has 4 amide bonds. The second-order valence-corrected chi connectivity index (χ2v) is 12.4. The Labute approximate surface area is 253 Å². The number of rotatable bonds is 4. The summed E-state index contributed by atoms with van der Waals surface area (Å²) in [5.74, 6) is -4.05. The van der Waals surface area contributed by atoms with Crippen molar-refractivity contribution in [2.24, 2.45) is 29.1 Å². The van der Waals surface area contributed by atoms with E-state index < -0.39 is 35.0 Å². The summed E-state index contributed by atoms with van der Waals surface area (Å²) < 4.78 is 5.42. The first-order valence-corrected chi connectivity index (χ1v) is 14.7. The van der Waals surface area contributed by atoms with Crippen LogP contribution in [0.5, 0.6) is 11.5 Å². The molecule has 1 saturated carbocycles. The number of para-hydroxylation sites is 1. The van der Waals surface area contributed by atoms with E-state index in [2.05, 4.69) is 0 Å². The molecule has 4 aliphatic rings. The van der Waals surface area contributed by atoms with Crippen molar-refractivity contribution in [3.63, 3.8) is 0 Å². The minimum Gasteiger partial charge on any atom is -0.504 e. The van der Waals surface area contributed by atoms with Crippen LogP contribution in [0.25, 0.3) is 0 Å². The van der Waals surface area contributed by atoms with Gasteiger partial charge in [-0.25, -0.2) is 4.90 Å². The van der Waals surface area contributed by atoms with Gasteiger partial charge in [-0.2, -0.15) is 0 Å². The molecule has 2 heterocycles. The first-order valence-electron chi connectivity index (χ1n) is 14.3. The molecule has 7 rings (SSSR count). The average Bonchev–Trinajstić information content (AvgIpc) is 3.38. The number of phenols is 1. The summed E-state index contributed by atoms with van der Waals surface area (Å²) in [6, 6.07) is 20.4. The number of amides is 4. The zero-order valence-electron chi connectivity index (χ0n) is 23.6. The maximum Gasteiger partial charge on any atom is 0.241 e. The molecular formula is C34H29ClN2O6. The topological polar surface area (TPSA) is 104 Å². The zero-order valence-corrected chi connectivity index (χ0v) is 24.3. The van der Waals surface area contributed by atoms with Gasteiger partial charge in [-0.1, -0.05) is 47.5 Å². The molecule has 0 aromatic heterocycles. The molecule has 6 atom stereocenters. The van der Waals surface area contributed by atoms with E-state index in [-0.39, 0.29) is 41.5 Å². The molecule has 0 bridgehead atoms. The Bertz CT molecular complexity index is 1720. The van der Waals surface area contributed by atoms with Crippen molar-refractivity contribution in [3.8, 4) is 11.5 Å². The Morgan fingerprint density at radius 1 is 0.860 bits per heavy atom. The molecule has 3 fully saturated rings. The van der Waals surface area contributed by atoms with Gasteiger partial charge in [-0.05, 0) is 79.8 Å². The lowest BCUT2D eigenvalue weighted by Crippen LogP contribution is -2.48. The number of fused-ring (bicyclic) bond motifs is 4. The van der Waals surface area contributed by atoms with Gasteiger partial charge in [0.15, 0.2) is 11.5 Å². The number of carbonyl (C=O) groups is 4. The number of nitrogens with zero attached hydrogens (tertiary/aromatic N) is 2. The Balaban J connectivity index is 1.37. The highest BCUT2D eigenvalue weighted by Crippen LogP contribution is 2.64. The highest BCUT2D eigenvalue weighted by atomic mass is 35.5. The number of benzene rings is 3. The van der Waals surface area contributed by atoms with E-state index in [0.29, 0.717) is 28.4 Å². The third-order valence-corrected chi connectivity index (χ3v) is 10.2. The van der Waals surface area contributed by atoms with E-state index in [9.17, 15) is 24.3 Å². The predicted octanol–water partition coefficient (Wildman–Crippen LogP) is 5.49. The standard InChI is InChI=1S/C34H29ClN2O6/c1-34-25(31(40)37(33(34)42)20-6-4-3-5-7-20)17-24-22(29(34)18-8-15-26(38)27(16-18)43-2)13-14-23-28(24)32(41)36(30(23)39)21-11-9-19(35)10-12-21/h3-13,15-16,23-25,28-29,38H,14,17H2,1-2H3/t23-,24+,25-,28-,29-,34+/m0/s1. The second kappa shape index (κ2) is 9.81. The normalized spacial score (nSPS) is 29.7. The highest BCUT2D eigenvalue weighted by molar-refractivity contribution is 6.31. The molecular weight excluding hydrogens is 568 g/mol. The van der Waals surface area contributed by atoms with Crippen LogP contribution in [0.15, 0.2) is 84.4 Å². The maximum atomic E-state index is 14.4. The van der Waals surface area contributed by atoms with Gasteiger partial charge in [0, 0.05) is 10.9 Å². The number of allylic oxidation sites excluding steroid dienone is 2. The van der Waals surface area contributed by atoms with Gasteiger partial charge in [0.2, 0.25) is 23.6 Å². The van der Waals surface area contributed by atoms with Gasteiger partial charge in [0.25, 0.3) is 0 Å². The van der Waals surface area contributed by atoms with Crippen LogP contribution in [0.1, 0.15) is 31.2 Å². The second-order valence-electron chi connectivity index (χ2n) is 11.9. The Morgan fingerprint density at radius 3 is 2.26 bits per heavy atom. The third kappa shape index (κ3) is 3.82. The Kier molecular flexibility index (Phi) is 6.25. The molecule has 2 saturated heterocycles. The van der Waals surface area contributed by atoms with Gasteiger partial charge in [0.1, 0.15) is 0 Å². The summed E-state index contributed by atoms with van der Waals surface area (Å²) in [4.78, 5) is 58.9. The van der Waals surface area contributed by atoms with Crippen LogP contribution in [0.2, 0.25) is 5.02 Å². The molecule has 0 spiro atoms. The van der Waals surface area contributed by atoms with E-state index in [1.54, 1.807) is 60.7 Å². The minimum atomic E-state index is -1.17. The van der Waals surface area contributed by atoms with Crippen molar-refractivity contribution in [3.05, 3.63) is 95.0 Å². The molecule has 1 N–H and O–H groups in total. The van der Waals surface area contributed by atoms with Crippen molar-refractivity contribution >= 4 is 46.6 Å². The van der Waals surface area contributed by atoms with Crippen molar-refractivity contribution in [1.82, 2.24) is 0 Å². The lowest BCUT2D eigenvalue weighted by molar-refractivity contribution is -0.131. The number of hydrogen-bond acceptors (Lipinski definition) is 6. The molecule has 43 heavy (non-hydrogen) atoms. The van der Waals surface area contributed by atoms with Crippen LogP contribution in [-0.4, -0.2) is 35.8 Å². The first-order chi connectivity index (χ1) is 20.7. The number of anilines is 2. The van der Waals surface area contributed by atoms with Crippen molar-refractivity contribution in [2.45, 2.75) is 25.7 Å². The van der Waals surface area contributed by atoms with Crippen molar-refractivity contribution < 1.29 is 29.0 Å². The smallest absolute Gasteiger partial charge is 0.241 e. The number of phenolic OH excluding ortho intramolecular Hbond substituents is 1. The molecule has 2 aliphatic heterocycles. The van der Waals surface area contributed by atoms with E-state index in [4.69, 9.17) is 16.3 Å². The summed E-state index contributed by atoms with van der Waals surface area (Å²) >= 11 is 6.07. The quantitative estimate of drug-likeness (QED) is 0.316. The van der Waals surface area contributed by atoms with Crippen molar-refractivity contribution in [2.75, 3.05) is 16.9 Å². The van der Waals surface area contributed by atoms with Crippen LogP contribution in [0, 0.1) is 29.1 Å². The third-order valence-electron chi connectivity index (χ3n) is 9.91. The van der Waals surface area contributed by atoms with Gasteiger partial charge >= 0.3 is 0 Å². The largest absolute Gasteiger partial charge is 0.504 e. The number of halogens is 1. The highest BCUT2D eigenvalue weighted by Gasteiger charge is 2.67. The number of carbonyl (C=O) groups excluding carboxylic acids is 4. The van der Waals surface area contributed by atoms with Gasteiger partial charge in [-0.3, -0.25) is 24.1 Å². The average molecular weight is 597 g/mol. The van der Waals surface area contributed by atoms with Crippen LogP contribution >= 0.6 is 11.6 Å². The van der Waals surface area contributed by atoms with Gasteiger partial charge in [0.05, 0.1) is 41.7 Å². The first kappa shape index (κ1) is 27.4. The summed E-state index contributed by atoms with van der Waals surface area (Å²) in [6.07, 6.45) is 2.59. The molecule has 218 valence electrons. The molecule has 2 aliphatic carbocycles. The number of aromatic hydroxyl groups is 1. The lowest BCUT2D eigenvalue weighted by Gasteiger charge is -2.49. The maximum absolute atomic E-state index is 14.4. The summed E-state index contributed by atoms with van der Waals surface area (Å²) in [5, 5.41) is 10.9. The van der Waals surface area contributed by atoms with Gasteiger partial charge < -0.3 is 9.84 Å². The fourth-order valence-electron chi connectivity index (χ4n) is 7.94. The Morgan fingerprint density at radius 2 is 1.56 bits per heavy atom. The lowest BCUT2D eigenvalue weighted by atomic mass is 9.51. The molecule has 8 nitrogen and oxygen atoms in total. The molecule has 3 aromatic rings. The molecule has 9 heteroatoms. The minimum absolute atomic E-state index is 0.0482. The number of ether oxygens (including phenoxy) is 1. The van der Waals surface area contributed by atoms with E-state index in [1.165, 1.54) is 23.0 Å². The number of imide groups is 2. The van der Waals surface area contributed by atoms with Gasteiger partial charge in [-0.15, -0.1) is 0 Å². The Hall–Kier alpha value is -4.43. The van der Waals surface area contributed by atoms with E-state index >= 15 is 0 Å². The predicted molar refractivity (Wildman–Crippen MR) is 160 cm³/mol. The van der Waals surface area contributed by atoms with Crippen molar-refractivity contribution in [1.29, 1.82) is 0 Å². The van der Waals surface area contributed by atoms with E-state index in [1.807, 2.05) is 19.1 Å². The van der Waals surface area contributed by atoms with Crippen LogP contribution < -0.4 is 14.5 Å². The molecule has 0 radical (unpaired) electrons. The van der Waals surface area contributed by atoms with Crippen LogP contribution in [-0.2, 0) is 19.2 Å². The fraction of sp³-hybridized carbons (Fsp3) is 0.294. The zero-order chi connectivity index (χ0) is 30.2. The summed E-state index contributed by atoms with van der Waals surface area (Å²) in [7, 11) is 1.45. The summed E-state index contributed by atoms with van der Waals surface area (Å²) in [6.45, 7) is 1.83. The molecule has 3 aromatic carbocycles. The van der Waals surface area contributed by atoms with E-state index in [0.717, 1.165) is 5.57 Å². The van der Waals surface area contributed by atoms with Crippen LogP contribution in [0.4, 0.5) is 11.4 Å². The number of methoxy groups -OCH3 is 1. The molecule has 0 unspecified atom stereocenters. The summed E-state index contributed by atoms with van der Waals surface area (Å²) in [5.41, 5.74) is 1.33. The number of hydrogen-bond donors (Lipinski definition) is 1. The monoisotopic (exact) mass is 596 g/mol. The van der Waals surface area contributed by atoms with Crippen LogP contribution in [0.3, 0.4) is 0 Å². The fourth-order valence-corrected chi connectivity index (χ4v) is 8.06.